The van der Waals surface area contributed by atoms with Gasteiger partial charge in [0.05, 0.1) is 22.3 Å². The van der Waals surface area contributed by atoms with Crippen molar-refractivity contribution < 1.29 is 4.79 Å². The van der Waals surface area contributed by atoms with Crippen LogP contribution in [0.5, 0.6) is 0 Å². The zero-order valence-corrected chi connectivity index (χ0v) is 17.5. The molecular formula is C19H27Cl2N5O. The number of fused-ring (bicyclic) bond motifs is 1. The van der Waals surface area contributed by atoms with Crippen molar-refractivity contribution in [3.8, 4) is 0 Å². The quantitative estimate of drug-likeness (QED) is 0.747. The molecule has 0 fully saturated rings. The summed E-state index contributed by atoms with van der Waals surface area (Å²) in [6, 6.07) is 1.94. The van der Waals surface area contributed by atoms with E-state index in [1.165, 1.54) is 0 Å². The maximum atomic E-state index is 12.2. The van der Waals surface area contributed by atoms with Crippen LogP contribution in [0.15, 0.2) is 17.1 Å². The highest BCUT2D eigenvalue weighted by Crippen LogP contribution is 2.41. The summed E-state index contributed by atoms with van der Waals surface area (Å²) in [5.74, 6) is -0.0588. The molecule has 148 valence electrons. The monoisotopic (exact) mass is 411 g/mol. The Labute approximate surface area is 170 Å². The van der Waals surface area contributed by atoms with Gasteiger partial charge in [0, 0.05) is 50.7 Å². The maximum absolute atomic E-state index is 12.2. The number of benzene rings is 1. The molecule has 27 heavy (non-hydrogen) atoms. The Bertz CT molecular complexity index is 763. The van der Waals surface area contributed by atoms with Gasteiger partial charge in [-0.15, -0.1) is 0 Å². The summed E-state index contributed by atoms with van der Waals surface area (Å²) in [4.78, 5) is 20.1. The van der Waals surface area contributed by atoms with E-state index in [1.807, 2.05) is 7.05 Å². The number of hydrogen-bond donors (Lipinski definition) is 2. The summed E-state index contributed by atoms with van der Waals surface area (Å²) in [5, 5.41) is 0.948. The third kappa shape index (κ3) is 4.75. The van der Waals surface area contributed by atoms with E-state index >= 15 is 0 Å². The summed E-state index contributed by atoms with van der Waals surface area (Å²) in [6.07, 6.45) is 4.77. The molecule has 0 aromatic heterocycles. The molecule has 1 unspecified atom stereocenters. The zero-order chi connectivity index (χ0) is 20.1. The standard InChI is InChI=1S/C19H27Cl2N5O/c1-12-5-8-26(17(27)11-22)9-6-13-14(16(23)4-7-24-2)10-15(20)18(21)19(13)25(12)3/h4,7,10,12H,5-6,8-9,11,22-23H2,1-3H3/b16-4-,24-7?. The molecule has 8 heteroatoms. The van der Waals surface area contributed by atoms with E-state index in [0.717, 1.165) is 23.2 Å². The lowest BCUT2D eigenvalue weighted by molar-refractivity contribution is -0.129. The Balaban J connectivity index is 2.64. The van der Waals surface area contributed by atoms with Crippen LogP contribution in [-0.2, 0) is 11.2 Å². The number of aliphatic imine (C=N–C) groups is 1. The maximum Gasteiger partial charge on any atom is 0.236 e. The molecule has 0 radical (unpaired) electrons. The van der Waals surface area contributed by atoms with Gasteiger partial charge >= 0.3 is 0 Å². The van der Waals surface area contributed by atoms with Crippen LogP contribution < -0.4 is 16.4 Å². The summed E-state index contributed by atoms with van der Waals surface area (Å²) in [6.45, 7) is 3.29. The first-order valence-corrected chi connectivity index (χ1v) is 9.67. The molecule has 2 rings (SSSR count). The normalized spacial score (nSPS) is 18.9. The molecule has 4 N–H and O–H groups in total. The van der Waals surface area contributed by atoms with Gasteiger partial charge in [0.2, 0.25) is 5.91 Å². The van der Waals surface area contributed by atoms with Gasteiger partial charge in [0.25, 0.3) is 0 Å². The van der Waals surface area contributed by atoms with Crippen LogP contribution in [0, 0.1) is 0 Å². The first-order valence-electron chi connectivity index (χ1n) is 8.91. The van der Waals surface area contributed by atoms with Crippen LogP contribution in [0.2, 0.25) is 10.0 Å². The van der Waals surface area contributed by atoms with Crippen molar-refractivity contribution in [3.63, 3.8) is 0 Å². The Hall–Kier alpha value is -1.76. The Morgan fingerprint density at radius 2 is 2.11 bits per heavy atom. The number of halogens is 2. The van der Waals surface area contributed by atoms with Crippen molar-refractivity contribution in [2.24, 2.45) is 16.5 Å². The van der Waals surface area contributed by atoms with Gasteiger partial charge in [0.1, 0.15) is 0 Å². The number of carbonyl (C=O) groups is 1. The number of anilines is 1. The molecule has 0 saturated carbocycles. The average molecular weight is 412 g/mol. The highest BCUT2D eigenvalue weighted by molar-refractivity contribution is 6.44. The van der Waals surface area contributed by atoms with Crippen LogP contribution in [0.4, 0.5) is 5.69 Å². The molecule has 1 aliphatic heterocycles. The molecular weight excluding hydrogens is 385 g/mol. The van der Waals surface area contributed by atoms with E-state index in [1.54, 1.807) is 30.3 Å². The van der Waals surface area contributed by atoms with Gasteiger partial charge in [-0.2, -0.15) is 0 Å². The molecule has 1 amide bonds. The van der Waals surface area contributed by atoms with E-state index < -0.39 is 0 Å². The smallest absolute Gasteiger partial charge is 0.236 e. The average Bonchev–Trinajstić information content (AvgIpc) is 2.72. The highest BCUT2D eigenvalue weighted by Gasteiger charge is 2.26. The summed E-state index contributed by atoms with van der Waals surface area (Å²) < 4.78 is 0. The second-order valence-corrected chi connectivity index (χ2v) is 7.45. The van der Waals surface area contributed by atoms with Crippen LogP contribution in [0.25, 0.3) is 5.70 Å². The number of allylic oxidation sites excluding steroid dienone is 1. The minimum absolute atomic E-state index is 0.000312. The zero-order valence-electron chi connectivity index (χ0n) is 16.0. The molecule has 0 aliphatic carbocycles. The van der Waals surface area contributed by atoms with E-state index in [9.17, 15) is 4.79 Å². The fourth-order valence-electron chi connectivity index (χ4n) is 3.27. The second kappa shape index (κ2) is 9.44. The molecule has 0 spiro atoms. The predicted octanol–water partition coefficient (Wildman–Crippen LogP) is 2.55. The molecule has 6 nitrogen and oxygen atoms in total. The summed E-state index contributed by atoms with van der Waals surface area (Å²) >= 11 is 13.0. The Morgan fingerprint density at radius 3 is 2.74 bits per heavy atom. The number of rotatable bonds is 3. The SMILES string of the molecule is CN=C/C=C(\N)c1cc(Cl)c(Cl)c2c1CCN(C(=O)CN)CCC(C)N2C. The number of nitrogens with zero attached hydrogens (tertiary/aromatic N) is 3. The Kier molecular flexibility index (Phi) is 7.53. The van der Waals surface area contributed by atoms with Crippen molar-refractivity contribution in [1.82, 2.24) is 4.90 Å². The van der Waals surface area contributed by atoms with Gasteiger partial charge in [-0.1, -0.05) is 23.2 Å². The fourth-order valence-corrected chi connectivity index (χ4v) is 3.77. The molecule has 1 aromatic rings. The van der Waals surface area contributed by atoms with Crippen molar-refractivity contribution >= 4 is 46.7 Å². The summed E-state index contributed by atoms with van der Waals surface area (Å²) in [5.41, 5.74) is 15.1. The van der Waals surface area contributed by atoms with Crippen LogP contribution >= 0.6 is 23.2 Å². The minimum Gasteiger partial charge on any atom is -0.398 e. The lowest BCUT2D eigenvalue weighted by Crippen LogP contribution is -2.39. The first kappa shape index (κ1) is 21.5. The lowest BCUT2D eigenvalue weighted by atomic mass is 9.98. The van der Waals surface area contributed by atoms with Gasteiger partial charge in [-0.3, -0.25) is 9.79 Å². The van der Waals surface area contributed by atoms with Crippen LogP contribution in [-0.4, -0.2) is 56.8 Å². The first-order chi connectivity index (χ1) is 12.8. The topological polar surface area (TPSA) is 87.9 Å². The Morgan fingerprint density at radius 1 is 1.41 bits per heavy atom. The van der Waals surface area contributed by atoms with Gasteiger partial charge in [0.15, 0.2) is 0 Å². The van der Waals surface area contributed by atoms with E-state index in [0.29, 0.717) is 35.3 Å². The van der Waals surface area contributed by atoms with E-state index in [-0.39, 0.29) is 18.5 Å². The molecule has 1 atom stereocenters. The van der Waals surface area contributed by atoms with Crippen molar-refractivity contribution in [1.29, 1.82) is 0 Å². The molecule has 0 saturated heterocycles. The molecule has 1 aliphatic rings. The van der Waals surface area contributed by atoms with E-state index in [2.05, 4.69) is 16.8 Å². The summed E-state index contributed by atoms with van der Waals surface area (Å²) in [7, 11) is 3.67. The third-order valence-electron chi connectivity index (χ3n) is 5.00. The van der Waals surface area contributed by atoms with Crippen molar-refractivity contribution in [2.45, 2.75) is 25.8 Å². The van der Waals surface area contributed by atoms with Gasteiger partial charge in [-0.25, -0.2) is 0 Å². The number of hydrogen-bond acceptors (Lipinski definition) is 5. The molecule has 1 heterocycles. The predicted molar refractivity (Wildman–Crippen MR) is 115 cm³/mol. The fraction of sp³-hybridized carbons (Fsp3) is 0.474. The van der Waals surface area contributed by atoms with Gasteiger partial charge < -0.3 is 21.3 Å². The van der Waals surface area contributed by atoms with Crippen molar-refractivity contribution in [3.05, 3.63) is 33.3 Å². The van der Waals surface area contributed by atoms with Crippen molar-refractivity contribution in [2.75, 3.05) is 38.6 Å². The number of carbonyl (C=O) groups excluding carboxylic acids is 1. The number of nitrogens with two attached hydrogens (primary N) is 2. The second-order valence-electron chi connectivity index (χ2n) is 6.66. The van der Waals surface area contributed by atoms with Crippen LogP contribution in [0.3, 0.4) is 0 Å². The van der Waals surface area contributed by atoms with Crippen LogP contribution in [0.1, 0.15) is 24.5 Å². The third-order valence-corrected chi connectivity index (χ3v) is 5.78. The van der Waals surface area contributed by atoms with E-state index in [4.69, 9.17) is 34.7 Å². The molecule has 1 aromatic carbocycles. The van der Waals surface area contributed by atoms with Gasteiger partial charge in [-0.05, 0) is 37.5 Å². The minimum atomic E-state index is -0.0588. The number of amides is 1. The molecule has 0 bridgehead atoms. The lowest BCUT2D eigenvalue weighted by Gasteiger charge is -2.30. The largest absolute Gasteiger partial charge is 0.398 e. The highest BCUT2D eigenvalue weighted by atomic mass is 35.5.